The lowest BCUT2D eigenvalue weighted by Crippen LogP contribution is -2.46. The Morgan fingerprint density at radius 1 is 1.10 bits per heavy atom. The second-order valence-electron chi connectivity index (χ2n) is 5.08. The van der Waals surface area contributed by atoms with Gasteiger partial charge in [-0.1, -0.05) is 18.2 Å². The summed E-state index contributed by atoms with van der Waals surface area (Å²) in [5.41, 5.74) is 7.52. The molecular weight excluding hydrogens is 291 g/mol. The summed E-state index contributed by atoms with van der Waals surface area (Å²) in [7, 11) is -3.74. The molecule has 0 amide bonds. The monoisotopic (exact) mass is 306 g/mol. The molecule has 2 aromatic rings. The highest BCUT2D eigenvalue weighted by Gasteiger charge is 2.31. The molecule has 110 valence electrons. The zero-order chi connectivity index (χ0) is 15.0. The lowest BCUT2D eigenvalue weighted by molar-refractivity contribution is 0.574. The highest BCUT2D eigenvalue weighted by Crippen LogP contribution is 2.31. The summed E-state index contributed by atoms with van der Waals surface area (Å²) in [5, 5.41) is 0. The van der Waals surface area contributed by atoms with Gasteiger partial charge in [0.15, 0.2) is 0 Å². The van der Waals surface area contributed by atoms with Gasteiger partial charge in [-0.15, -0.1) is 0 Å². The third-order valence-electron chi connectivity index (χ3n) is 3.54. The molecule has 2 aromatic carbocycles. The van der Waals surface area contributed by atoms with E-state index < -0.39 is 15.8 Å². The molecule has 0 saturated carbocycles. The van der Waals surface area contributed by atoms with Crippen LogP contribution >= 0.6 is 0 Å². The molecule has 4 nitrogen and oxygen atoms in total. The summed E-state index contributed by atoms with van der Waals surface area (Å²) in [5.74, 6) is -0.468. The fraction of sp³-hybridized carbons (Fsp3) is 0.200. The minimum Gasteiger partial charge on any atom is -0.326 e. The summed E-state index contributed by atoms with van der Waals surface area (Å²) in [6.45, 7) is 0.219. The Hall–Kier alpha value is -1.92. The molecule has 0 aromatic heterocycles. The van der Waals surface area contributed by atoms with Crippen LogP contribution in [0.25, 0.3) is 0 Å². The zero-order valence-electron chi connectivity index (χ0n) is 11.2. The molecule has 3 rings (SSSR count). The Kier molecular flexibility index (Phi) is 3.43. The smallest absolute Gasteiger partial charge is 0.264 e. The van der Waals surface area contributed by atoms with E-state index in [1.54, 1.807) is 12.1 Å². The largest absolute Gasteiger partial charge is 0.326 e. The number of fused-ring (bicyclic) bond motifs is 1. The summed E-state index contributed by atoms with van der Waals surface area (Å²) in [6, 6.07) is 11.9. The molecule has 1 aliphatic heterocycles. The minimum absolute atomic E-state index is 0.0628. The van der Waals surface area contributed by atoms with Crippen LogP contribution in [0.1, 0.15) is 5.56 Å². The van der Waals surface area contributed by atoms with Crippen LogP contribution in [0.5, 0.6) is 0 Å². The molecule has 6 heteroatoms. The first-order valence-electron chi connectivity index (χ1n) is 6.60. The maximum atomic E-state index is 13.0. The molecule has 0 saturated heterocycles. The average Bonchev–Trinajstić information content (AvgIpc) is 2.46. The lowest BCUT2D eigenvalue weighted by Gasteiger charge is -2.33. The molecule has 0 bridgehead atoms. The van der Waals surface area contributed by atoms with Crippen LogP contribution < -0.4 is 10.0 Å². The number of hydrogen-bond donors (Lipinski definition) is 1. The summed E-state index contributed by atoms with van der Waals surface area (Å²) in [4.78, 5) is 0.0628. The third-order valence-corrected chi connectivity index (χ3v) is 5.34. The standard InChI is InChI=1S/C15H15FN2O2S/c16-12-5-7-14(8-6-12)21(19,20)18-10-13(17)9-11-3-1-2-4-15(11)18/h1-8,13H,9-10,17H2. The van der Waals surface area contributed by atoms with Gasteiger partial charge >= 0.3 is 0 Å². The van der Waals surface area contributed by atoms with E-state index in [-0.39, 0.29) is 17.5 Å². The highest BCUT2D eigenvalue weighted by molar-refractivity contribution is 7.92. The Morgan fingerprint density at radius 2 is 1.76 bits per heavy atom. The Labute approximate surface area is 123 Å². The van der Waals surface area contributed by atoms with Gasteiger partial charge in [0.25, 0.3) is 10.0 Å². The van der Waals surface area contributed by atoms with Crippen LogP contribution in [-0.4, -0.2) is 21.0 Å². The first-order valence-corrected chi connectivity index (χ1v) is 8.04. The number of nitrogens with zero attached hydrogens (tertiary/aromatic N) is 1. The summed E-state index contributed by atoms with van der Waals surface area (Å²) >= 11 is 0. The topological polar surface area (TPSA) is 63.4 Å². The fourth-order valence-electron chi connectivity index (χ4n) is 2.55. The van der Waals surface area contributed by atoms with Gasteiger partial charge in [-0.2, -0.15) is 0 Å². The van der Waals surface area contributed by atoms with E-state index in [0.717, 1.165) is 17.7 Å². The average molecular weight is 306 g/mol. The van der Waals surface area contributed by atoms with E-state index in [4.69, 9.17) is 5.73 Å². The Bertz CT molecular complexity index is 759. The SMILES string of the molecule is NC1Cc2ccccc2N(S(=O)(=O)c2ccc(F)cc2)C1. The number of hydrogen-bond acceptors (Lipinski definition) is 3. The van der Waals surface area contributed by atoms with Crippen LogP contribution in [0, 0.1) is 5.82 Å². The van der Waals surface area contributed by atoms with Crippen LogP contribution in [0.3, 0.4) is 0 Å². The van der Waals surface area contributed by atoms with Gasteiger partial charge in [-0.25, -0.2) is 12.8 Å². The quantitative estimate of drug-likeness (QED) is 0.922. The molecule has 21 heavy (non-hydrogen) atoms. The summed E-state index contributed by atoms with van der Waals surface area (Å²) in [6.07, 6.45) is 0.644. The second-order valence-corrected chi connectivity index (χ2v) is 6.95. The first kappa shape index (κ1) is 14.0. The van der Waals surface area contributed by atoms with Crippen molar-refractivity contribution in [1.29, 1.82) is 0 Å². The van der Waals surface area contributed by atoms with E-state index in [1.807, 2.05) is 12.1 Å². The van der Waals surface area contributed by atoms with Gasteiger partial charge in [0.1, 0.15) is 5.82 Å². The van der Waals surface area contributed by atoms with Crippen LogP contribution in [-0.2, 0) is 16.4 Å². The molecule has 1 unspecified atom stereocenters. The van der Waals surface area contributed by atoms with Crippen molar-refractivity contribution in [2.24, 2.45) is 5.73 Å². The maximum absolute atomic E-state index is 13.0. The van der Waals surface area contributed by atoms with Gasteiger partial charge in [0.2, 0.25) is 0 Å². The molecule has 0 spiro atoms. The predicted molar refractivity (Wildman–Crippen MR) is 79.1 cm³/mol. The normalized spacial score (nSPS) is 18.4. The number of halogens is 1. The maximum Gasteiger partial charge on any atom is 0.264 e. The van der Waals surface area contributed by atoms with E-state index >= 15 is 0 Å². The Balaban J connectivity index is 2.09. The van der Waals surface area contributed by atoms with Gasteiger partial charge in [-0.3, -0.25) is 4.31 Å². The first-order chi connectivity index (χ1) is 9.98. The van der Waals surface area contributed by atoms with Gasteiger partial charge in [-0.05, 0) is 42.3 Å². The van der Waals surface area contributed by atoms with Crippen LogP contribution in [0.15, 0.2) is 53.4 Å². The molecule has 2 N–H and O–H groups in total. The molecular formula is C15H15FN2O2S. The number of anilines is 1. The van der Waals surface area contributed by atoms with E-state index in [2.05, 4.69) is 0 Å². The van der Waals surface area contributed by atoms with Crippen molar-refractivity contribution < 1.29 is 12.8 Å². The number of benzene rings is 2. The number of rotatable bonds is 2. The van der Waals surface area contributed by atoms with Crippen molar-refractivity contribution in [3.8, 4) is 0 Å². The molecule has 0 fully saturated rings. The predicted octanol–water partition coefficient (Wildman–Crippen LogP) is 1.90. The summed E-state index contributed by atoms with van der Waals surface area (Å²) < 4.78 is 39.8. The fourth-order valence-corrected chi connectivity index (χ4v) is 4.11. The minimum atomic E-state index is -3.74. The van der Waals surface area contributed by atoms with Crippen molar-refractivity contribution in [1.82, 2.24) is 0 Å². The van der Waals surface area contributed by atoms with Gasteiger partial charge in [0.05, 0.1) is 10.6 Å². The third kappa shape index (κ3) is 2.52. The number of nitrogens with two attached hydrogens (primary N) is 1. The molecule has 0 radical (unpaired) electrons. The number of para-hydroxylation sites is 1. The van der Waals surface area contributed by atoms with Crippen LogP contribution in [0.4, 0.5) is 10.1 Å². The molecule has 1 aliphatic rings. The van der Waals surface area contributed by atoms with Crippen molar-refractivity contribution >= 4 is 15.7 Å². The highest BCUT2D eigenvalue weighted by atomic mass is 32.2. The Morgan fingerprint density at radius 3 is 2.48 bits per heavy atom. The van der Waals surface area contributed by atoms with Crippen molar-refractivity contribution in [3.05, 3.63) is 59.9 Å². The van der Waals surface area contributed by atoms with Crippen LogP contribution in [0.2, 0.25) is 0 Å². The van der Waals surface area contributed by atoms with E-state index in [0.29, 0.717) is 12.1 Å². The van der Waals surface area contributed by atoms with Gasteiger partial charge < -0.3 is 5.73 Å². The van der Waals surface area contributed by atoms with E-state index in [9.17, 15) is 12.8 Å². The van der Waals surface area contributed by atoms with Crippen molar-refractivity contribution in [3.63, 3.8) is 0 Å². The number of sulfonamides is 1. The lowest BCUT2D eigenvalue weighted by atomic mass is 10.0. The molecule has 0 aliphatic carbocycles. The zero-order valence-corrected chi connectivity index (χ0v) is 12.1. The second kappa shape index (κ2) is 5.13. The van der Waals surface area contributed by atoms with E-state index in [1.165, 1.54) is 16.4 Å². The van der Waals surface area contributed by atoms with Crippen molar-refractivity contribution in [2.75, 3.05) is 10.8 Å². The van der Waals surface area contributed by atoms with Gasteiger partial charge in [0, 0.05) is 12.6 Å². The molecule has 1 atom stereocenters. The molecule has 1 heterocycles. The van der Waals surface area contributed by atoms with Crippen molar-refractivity contribution in [2.45, 2.75) is 17.4 Å².